The molecule has 0 spiro atoms. The van der Waals surface area contributed by atoms with Crippen molar-refractivity contribution in [3.8, 4) is 0 Å². The molecule has 0 bridgehead atoms. The van der Waals surface area contributed by atoms with Crippen LogP contribution in [0.2, 0.25) is 0 Å². The summed E-state index contributed by atoms with van der Waals surface area (Å²) in [7, 11) is 0. The fourth-order valence-electron chi connectivity index (χ4n) is 1.94. The number of hydrogen-bond donors (Lipinski definition) is 2. The molecule has 3 heteroatoms. The molecule has 1 atom stereocenters. The van der Waals surface area contributed by atoms with Gasteiger partial charge < -0.3 is 10.8 Å². The number of nitrogens with two attached hydrogens (primary N) is 1. The van der Waals surface area contributed by atoms with E-state index in [9.17, 15) is 5.11 Å². The Bertz CT molecular complexity index is 329. The molecule has 14 heavy (non-hydrogen) atoms. The number of thioether (sulfide) groups is 1. The molecule has 0 aromatic heterocycles. The molecule has 0 aliphatic carbocycles. The summed E-state index contributed by atoms with van der Waals surface area (Å²) < 4.78 is 0. The summed E-state index contributed by atoms with van der Waals surface area (Å²) in [5.74, 6) is 0.980. The Morgan fingerprint density at radius 1 is 1.43 bits per heavy atom. The van der Waals surface area contributed by atoms with Gasteiger partial charge in [-0.1, -0.05) is 18.2 Å². The van der Waals surface area contributed by atoms with Crippen LogP contribution in [0.25, 0.3) is 0 Å². The van der Waals surface area contributed by atoms with Crippen LogP contribution >= 0.6 is 11.8 Å². The minimum absolute atomic E-state index is 0.537. The molecule has 1 aromatic carbocycles. The molecule has 0 fully saturated rings. The summed E-state index contributed by atoms with van der Waals surface area (Å²) in [6.45, 7) is 0.537. The third-order valence-electron chi connectivity index (χ3n) is 2.72. The smallest absolute Gasteiger partial charge is 0.0927 e. The van der Waals surface area contributed by atoms with E-state index in [-0.39, 0.29) is 0 Å². The number of rotatable bonds is 2. The molecule has 76 valence electrons. The molecule has 2 nitrogen and oxygen atoms in total. The third kappa shape index (κ3) is 1.67. The van der Waals surface area contributed by atoms with Gasteiger partial charge in [-0.25, -0.2) is 0 Å². The first-order valence-electron chi connectivity index (χ1n) is 4.91. The molecular formula is C11H15NOS. The van der Waals surface area contributed by atoms with Crippen molar-refractivity contribution in [2.45, 2.75) is 23.3 Å². The van der Waals surface area contributed by atoms with Gasteiger partial charge in [0.1, 0.15) is 0 Å². The highest BCUT2D eigenvalue weighted by atomic mass is 32.2. The van der Waals surface area contributed by atoms with E-state index in [0.29, 0.717) is 13.0 Å². The molecule has 3 N–H and O–H groups in total. The molecule has 1 heterocycles. The third-order valence-corrected chi connectivity index (χ3v) is 3.79. The number of benzene rings is 1. The highest BCUT2D eigenvalue weighted by Gasteiger charge is 2.33. The minimum Gasteiger partial charge on any atom is -0.385 e. The van der Waals surface area contributed by atoms with Crippen LogP contribution in [-0.2, 0) is 5.60 Å². The van der Waals surface area contributed by atoms with E-state index in [2.05, 4.69) is 6.07 Å². The summed E-state index contributed by atoms with van der Waals surface area (Å²) in [4.78, 5) is 1.20. The second-order valence-corrected chi connectivity index (χ2v) is 4.80. The summed E-state index contributed by atoms with van der Waals surface area (Å²) >= 11 is 1.82. The molecule has 1 aliphatic rings. The minimum atomic E-state index is -0.684. The Balaban J connectivity index is 2.39. The number of hydrogen-bond acceptors (Lipinski definition) is 3. The van der Waals surface area contributed by atoms with Crippen molar-refractivity contribution in [3.63, 3.8) is 0 Å². The average Bonchev–Trinajstić information content (AvgIpc) is 2.19. The first-order valence-corrected chi connectivity index (χ1v) is 5.89. The SMILES string of the molecule is NCCC1(O)CCSc2ccccc21. The maximum atomic E-state index is 10.4. The molecule has 1 aromatic rings. The van der Waals surface area contributed by atoms with Gasteiger partial charge in [-0.3, -0.25) is 0 Å². The lowest BCUT2D eigenvalue weighted by Crippen LogP contribution is -2.32. The zero-order valence-corrected chi connectivity index (χ0v) is 8.89. The molecule has 0 radical (unpaired) electrons. The molecule has 0 saturated carbocycles. The van der Waals surface area contributed by atoms with Crippen molar-refractivity contribution in [3.05, 3.63) is 29.8 Å². The zero-order chi connectivity index (χ0) is 10.0. The highest BCUT2D eigenvalue weighted by molar-refractivity contribution is 7.99. The maximum absolute atomic E-state index is 10.4. The topological polar surface area (TPSA) is 46.2 Å². The Hall–Kier alpha value is -0.510. The van der Waals surface area contributed by atoms with Gasteiger partial charge in [-0.2, -0.15) is 0 Å². The Morgan fingerprint density at radius 3 is 3.00 bits per heavy atom. The van der Waals surface area contributed by atoms with Gasteiger partial charge >= 0.3 is 0 Å². The highest BCUT2D eigenvalue weighted by Crippen LogP contribution is 2.41. The molecule has 1 unspecified atom stereocenters. The molecular weight excluding hydrogens is 194 g/mol. The van der Waals surface area contributed by atoms with Gasteiger partial charge in [0.2, 0.25) is 0 Å². The fraction of sp³-hybridized carbons (Fsp3) is 0.455. The van der Waals surface area contributed by atoms with E-state index < -0.39 is 5.60 Å². The Morgan fingerprint density at radius 2 is 2.21 bits per heavy atom. The van der Waals surface area contributed by atoms with Crippen molar-refractivity contribution >= 4 is 11.8 Å². The Labute approximate surface area is 88.5 Å². The standard InChI is InChI=1S/C11H15NOS/c12-7-5-11(13)6-8-14-10-4-2-1-3-9(10)11/h1-4,13H,5-8,12H2. The summed E-state index contributed by atoms with van der Waals surface area (Å²) in [5.41, 5.74) is 5.91. The molecule has 0 amide bonds. The van der Waals surface area contributed by atoms with E-state index in [1.165, 1.54) is 4.90 Å². The summed E-state index contributed by atoms with van der Waals surface area (Å²) in [6, 6.07) is 8.07. The second-order valence-electron chi connectivity index (χ2n) is 3.66. The summed E-state index contributed by atoms with van der Waals surface area (Å²) in [5, 5.41) is 10.4. The van der Waals surface area contributed by atoms with E-state index in [1.807, 2.05) is 30.0 Å². The fourth-order valence-corrected chi connectivity index (χ4v) is 3.19. The quantitative estimate of drug-likeness (QED) is 0.779. The van der Waals surface area contributed by atoms with Gasteiger partial charge in [0.15, 0.2) is 0 Å². The number of aliphatic hydroxyl groups is 1. The zero-order valence-electron chi connectivity index (χ0n) is 8.07. The van der Waals surface area contributed by atoms with Crippen molar-refractivity contribution in [2.24, 2.45) is 5.73 Å². The van der Waals surface area contributed by atoms with Crippen molar-refractivity contribution in [2.75, 3.05) is 12.3 Å². The van der Waals surface area contributed by atoms with Gasteiger partial charge in [0.25, 0.3) is 0 Å². The van der Waals surface area contributed by atoms with Crippen LogP contribution in [0, 0.1) is 0 Å². The van der Waals surface area contributed by atoms with E-state index in [4.69, 9.17) is 5.73 Å². The Kier molecular flexibility index (Phi) is 2.81. The van der Waals surface area contributed by atoms with Crippen molar-refractivity contribution < 1.29 is 5.11 Å². The van der Waals surface area contributed by atoms with Crippen LogP contribution < -0.4 is 5.73 Å². The average molecular weight is 209 g/mol. The van der Waals surface area contributed by atoms with Crippen molar-refractivity contribution in [1.29, 1.82) is 0 Å². The lowest BCUT2D eigenvalue weighted by molar-refractivity contribution is 0.0227. The number of fused-ring (bicyclic) bond motifs is 1. The van der Waals surface area contributed by atoms with Gasteiger partial charge in [0, 0.05) is 10.6 Å². The van der Waals surface area contributed by atoms with Crippen molar-refractivity contribution in [1.82, 2.24) is 0 Å². The van der Waals surface area contributed by atoms with Crippen LogP contribution in [0.1, 0.15) is 18.4 Å². The largest absolute Gasteiger partial charge is 0.385 e. The lowest BCUT2D eigenvalue weighted by atomic mass is 9.87. The monoisotopic (exact) mass is 209 g/mol. The second kappa shape index (κ2) is 3.93. The first kappa shape index (κ1) is 10.0. The lowest BCUT2D eigenvalue weighted by Gasteiger charge is -2.33. The van der Waals surface area contributed by atoms with E-state index in [1.54, 1.807) is 0 Å². The van der Waals surface area contributed by atoms with Crippen LogP contribution in [-0.4, -0.2) is 17.4 Å². The normalized spacial score (nSPS) is 25.9. The molecule has 1 aliphatic heterocycles. The van der Waals surface area contributed by atoms with Gasteiger partial charge in [0.05, 0.1) is 5.60 Å². The predicted molar refractivity (Wildman–Crippen MR) is 59.4 cm³/mol. The van der Waals surface area contributed by atoms with Gasteiger partial charge in [-0.15, -0.1) is 11.8 Å². The van der Waals surface area contributed by atoms with E-state index >= 15 is 0 Å². The first-order chi connectivity index (χ1) is 6.76. The molecule has 0 saturated heterocycles. The van der Waals surface area contributed by atoms with Gasteiger partial charge in [-0.05, 0) is 31.0 Å². The maximum Gasteiger partial charge on any atom is 0.0927 e. The van der Waals surface area contributed by atoms with E-state index in [0.717, 1.165) is 17.7 Å². The van der Waals surface area contributed by atoms with Crippen LogP contribution in [0.15, 0.2) is 29.2 Å². The summed E-state index contributed by atoms with van der Waals surface area (Å²) in [6.07, 6.45) is 1.47. The molecule has 2 rings (SSSR count). The van der Waals surface area contributed by atoms with Crippen LogP contribution in [0.5, 0.6) is 0 Å². The van der Waals surface area contributed by atoms with Crippen LogP contribution in [0.3, 0.4) is 0 Å². The van der Waals surface area contributed by atoms with Crippen LogP contribution in [0.4, 0.5) is 0 Å². The predicted octanol–water partition coefficient (Wildman–Crippen LogP) is 1.72.